The maximum Gasteiger partial charge on any atom is 0.338 e. The quantitative estimate of drug-likeness (QED) is 0.340. The number of hydrogen-bond acceptors (Lipinski definition) is 9. The number of nitrogens with zero attached hydrogens (tertiary/aromatic N) is 2. The van der Waals surface area contributed by atoms with Gasteiger partial charge in [-0.25, -0.2) is 9.79 Å². The molecule has 4 aromatic rings. The highest BCUT2D eigenvalue weighted by molar-refractivity contribution is 7.07. The minimum absolute atomic E-state index is 0.104. The SMILES string of the molecule is CCOC(=O)C1=C(c2ccccc2)N=c2s/c(=C\c3ccc4c(c3)OCCO4)c(=O)n2[C@H]1c1ccc2c(c1)OCO2. The highest BCUT2D eigenvalue weighted by Crippen LogP contribution is 2.40. The monoisotopic (exact) mass is 568 g/mol. The number of aromatic nitrogens is 1. The first-order valence-electron chi connectivity index (χ1n) is 13.2. The third-order valence-corrected chi connectivity index (χ3v) is 7.93. The number of benzene rings is 3. The van der Waals surface area contributed by atoms with Crippen LogP contribution in [0.4, 0.5) is 0 Å². The van der Waals surface area contributed by atoms with Crippen molar-refractivity contribution in [3.8, 4) is 23.0 Å². The fraction of sp³-hybridized carbons (Fsp3) is 0.194. The number of carbonyl (C=O) groups is 1. The van der Waals surface area contributed by atoms with E-state index < -0.39 is 12.0 Å². The normalized spacial score (nSPS) is 17.2. The molecule has 0 spiro atoms. The third-order valence-electron chi connectivity index (χ3n) is 6.95. The zero-order valence-electron chi connectivity index (χ0n) is 22.0. The summed E-state index contributed by atoms with van der Waals surface area (Å²) in [7, 11) is 0. The number of thiazole rings is 1. The van der Waals surface area contributed by atoms with Crippen LogP contribution in [0.15, 0.2) is 82.1 Å². The molecule has 0 saturated carbocycles. The Morgan fingerprint density at radius 3 is 2.54 bits per heavy atom. The van der Waals surface area contributed by atoms with Crippen molar-refractivity contribution < 1.29 is 28.5 Å². The topological polar surface area (TPSA) is 97.6 Å². The fourth-order valence-corrected chi connectivity index (χ4v) is 6.14. The molecule has 41 heavy (non-hydrogen) atoms. The Morgan fingerprint density at radius 1 is 0.976 bits per heavy atom. The van der Waals surface area contributed by atoms with E-state index >= 15 is 0 Å². The Kier molecular flexibility index (Phi) is 6.31. The highest BCUT2D eigenvalue weighted by Gasteiger charge is 2.36. The maximum absolute atomic E-state index is 14.1. The Hall–Kier alpha value is -4.83. The predicted molar refractivity (Wildman–Crippen MR) is 151 cm³/mol. The molecule has 0 saturated heterocycles. The van der Waals surface area contributed by atoms with Gasteiger partial charge in [-0.2, -0.15) is 0 Å². The van der Waals surface area contributed by atoms with Gasteiger partial charge in [0.05, 0.1) is 28.5 Å². The highest BCUT2D eigenvalue weighted by atomic mass is 32.1. The molecule has 3 aromatic carbocycles. The van der Waals surface area contributed by atoms with Gasteiger partial charge >= 0.3 is 5.97 Å². The average molecular weight is 569 g/mol. The third kappa shape index (κ3) is 4.46. The molecule has 0 aliphatic carbocycles. The summed E-state index contributed by atoms with van der Waals surface area (Å²) in [6, 6.07) is 19.6. The summed E-state index contributed by atoms with van der Waals surface area (Å²) >= 11 is 1.26. The second-order valence-corrected chi connectivity index (χ2v) is 10.5. The molecule has 206 valence electrons. The predicted octanol–water partition coefficient (Wildman–Crippen LogP) is 3.44. The van der Waals surface area contributed by atoms with E-state index in [9.17, 15) is 9.59 Å². The van der Waals surface area contributed by atoms with Crippen molar-refractivity contribution in [2.75, 3.05) is 26.6 Å². The van der Waals surface area contributed by atoms with Gasteiger partial charge in [-0.15, -0.1) is 0 Å². The number of ether oxygens (including phenoxy) is 5. The fourth-order valence-electron chi connectivity index (χ4n) is 5.14. The molecule has 10 heteroatoms. The number of carbonyl (C=O) groups excluding carboxylic acids is 1. The number of rotatable bonds is 5. The van der Waals surface area contributed by atoms with Crippen LogP contribution < -0.4 is 33.8 Å². The zero-order valence-corrected chi connectivity index (χ0v) is 22.8. The van der Waals surface area contributed by atoms with Crippen LogP contribution in [0, 0.1) is 0 Å². The van der Waals surface area contributed by atoms with Gasteiger partial charge in [0, 0.05) is 5.56 Å². The van der Waals surface area contributed by atoms with Gasteiger partial charge in [0.2, 0.25) is 6.79 Å². The van der Waals surface area contributed by atoms with Gasteiger partial charge in [0.15, 0.2) is 27.8 Å². The number of hydrogen-bond donors (Lipinski definition) is 0. The van der Waals surface area contributed by atoms with Crippen LogP contribution in [0.2, 0.25) is 0 Å². The minimum Gasteiger partial charge on any atom is -0.486 e. The molecule has 7 rings (SSSR count). The summed E-state index contributed by atoms with van der Waals surface area (Å²) in [5, 5.41) is 0. The lowest BCUT2D eigenvalue weighted by Crippen LogP contribution is -2.40. The van der Waals surface area contributed by atoms with Gasteiger partial charge in [0.1, 0.15) is 13.2 Å². The Labute approximate surface area is 238 Å². The first-order valence-corrected chi connectivity index (χ1v) is 14.0. The van der Waals surface area contributed by atoms with Crippen molar-refractivity contribution in [2.24, 2.45) is 4.99 Å². The first-order chi connectivity index (χ1) is 20.1. The van der Waals surface area contributed by atoms with Crippen LogP contribution in [0.1, 0.15) is 29.7 Å². The van der Waals surface area contributed by atoms with Crippen molar-refractivity contribution in [2.45, 2.75) is 13.0 Å². The first kappa shape index (κ1) is 25.2. The summed E-state index contributed by atoms with van der Waals surface area (Å²) < 4.78 is 30.1. The Bertz CT molecular complexity index is 1890. The van der Waals surface area contributed by atoms with E-state index in [-0.39, 0.29) is 24.5 Å². The molecule has 3 aliphatic heterocycles. The molecule has 4 heterocycles. The van der Waals surface area contributed by atoms with E-state index in [2.05, 4.69) is 0 Å². The lowest BCUT2D eigenvalue weighted by molar-refractivity contribution is -0.138. The molecular weight excluding hydrogens is 544 g/mol. The lowest BCUT2D eigenvalue weighted by atomic mass is 9.93. The van der Waals surface area contributed by atoms with Crippen LogP contribution in [0.25, 0.3) is 11.8 Å². The molecule has 1 aromatic heterocycles. The van der Waals surface area contributed by atoms with E-state index in [1.54, 1.807) is 29.7 Å². The summed E-state index contributed by atoms with van der Waals surface area (Å²) in [6.07, 6.45) is 1.80. The molecule has 1 atom stereocenters. The maximum atomic E-state index is 14.1. The van der Waals surface area contributed by atoms with Crippen molar-refractivity contribution in [1.29, 1.82) is 0 Å². The van der Waals surface area contributed by atoms with Gasteiger partial charge < -0.3 is 23.7 Å². The molecule has 0 bridgehead atoms. The summed E-state index contributed by atoms with van der Waals surface area (Å²) in [4.78, 5) is 33.0. The van der Waals surface area contributed by atoms with Crippen LogP contribution in [0.3, 0.4) is 0 Å². The van der Waals surface area contributed by atoms with Crippen LogP contribution in [0.5, 0.6) is 23.0 Å². The van der Waals surface area contributed by atoms with Gasteiger partial charge in [-0.05, 0) is 48.4 Å². The second kappa shape index (κ2) is 10.3. The molecular formula is C31H24N2O7S. The van der Waals surface area contributed by atoms with E-state index in [0.29, 0.717) is 56.8 Å². The molecule has 0 radical (unpaired) electrons. The van der Waals surface area contributed by atoms with Crippen molar-refractivity contribution >= 4 is 29.1 Å². The molecule has 0 amide bonds. The number of fused-ring (bicyclic) bond motifs is 3. The largest absolute Gasteiger partial charge is 0.486 e. The van der Waals surface area contributed by atoms with E-state index in [1.165, 1.54) is 11.3 Å². The summed E-state index contributed by atoms with van der Waals surface area (Å²) in [5.74, 6) is 1.90. The molecule has 9 nitrogen and oxygen atoms in total. The van der Waals surface area contributed by atoms with Gasteiger partial charge in [-0.1, -0.05) is 53.8 Å². The molecule has 3 aliphatic rings. The van der Waals surface area contributed by atoms with Crippen LogP contribution >= 0.6 is 11.3 Å². The van der Waals surface area contributed by atoms with Gasteiger partial charge in [-0.3, -0.25) is 9.36 Å². The second-order valence-electron chi connectivity index (χ2n) is 9.45. The van der Waals surface area contributed by atoms with E-state index in [0.717, 1.165) is 11.1 Å². The average Bonchev–Trinajstić information content (AvgIpc) is 3.60. The lowest BCUT2D eigenvalue weighted by Gasteiger charge is -2.26. The molecule has 0 N–H and O–H groups in total. The van der Waals surface area contributed by atoms with Crippen molar-refractivity contribution in [3.05, 3.63) is 109 Å². The molecule has 0 unspecified atom stereocenters. The summed E-state index contributed by atoms with van der Waals surface area (Å²) in [5.41, 5.74) is 2.65. The van der Waals surface area contributed by atoms with E-state index in [4.69, 9.17) is 28.7 Å². The molecule has 0 fully saturated rings. The van der Waals surface area contributed by atoms with Crippen LogP contribution in [-0.2, 0) is 9.53 Å². The standard InChI is InChI=1S/C31H24N2O7S/c1-2-36-30(35)26-27(19-6-4-3-5-7-19)32-31-33(28(26)20-9-11-22-24(16-20)40-17-39-22)29(34)25(41-31)15-18-8-10-21-23(14-18)38-13-12-37-21/h3-11,14-16,28H,2,12-13,17H2,1H3/b25-15-/t28-/m0/s1. The zero-order chi connectivity index (χ0) is 27.9. The summed E-state index contributed by atoms with van der Waals surface area (Å²) in [6.45, 7) is 2.99. The van der Waals surface area contributed by atoms with Crippen LogP contribution in [-0.4, -0.2) is 37.1 Å². The van der Waals surface area contributed by atoms with Crippen molar-refractivity contribution in [3.63, 3.8) is 0 Å². The van der Waals surface area contributed by atoms with E-state index in [1.807, 2.05) is 54.6 Å². The van der Waals surface area contributed by atoms with Crippen molar-refractivity contribution in [1.82, 2.24) is 4.57 Å². The Balaban J connectivity index is 1.47. The minimum atomic E-state index is -0.808. The smallest absolute Gasteiger partial charge is 0.338 e. The van der Waals surface area contributed by atoms with Gasteiger partial charge in [0.25, 0.3) is 5.56 Å². The Morgan fingerprint density at radius 2 is 1.71 bits per heavy atom. The number of esters is 1.